The lowest BCUT2D eigenvalue weighted by Crippen LogP contribution is -2.34. The van der Waals surface area contributed by atoms with E-state index in [1.165, 1.54) is 18.4 Å². The second-order valence-corrected chi connectivity index (χ2v) is 6.55. The molecule has 0 aromatic heterocycles. The molecule has 0 aliphatic carbocycles. The number of carbonyl (C=O) groups is 1. The van der Waals surface area contributed by atoms with Crippen LogP contribution < -0.4 is 10.6 Å². The highest BCUT2D eigenvalue weighted by molar-refractivity contribution is 7.80. The highest BCUT2D eigenvalue weighted by atomic mass is 32.1. The molecule has 0 heterocycles. The zero-order valence-corrected chi connectivity index (χ0v) is 15.7. The van der Waals surface area contributed by atoms with Gasteiger partial charge in [-0.25, -0.2) is 0 Å². The van der Waals surface area contributed by atoms with Gasteiger partial charge < -0.3 is 5.32 Å². The Morgan fingerprint density at radius 1 is 1.00 bits per heavy atom. The minimum absolute atomic E-state index is 0.0821. The van der Waals surface area contributed by atoms with E-state index in [1.54, 1.807) is 0 Å². The van der Waals surface area contributed by atoms with Crippen LogP contribution in [0.3, 0.4) is 0 Å². The van der Waals surface area contributed by atoms with Gasteiger partial charge in [0, 0.05) is 11.3 Å². The largest absolute Gasteiger partial charge is 0.416 e. The SMILES string of the molecule is CCCCCc1ccc(NC(=S)NC(=O)c2ccc(C(F)(F)F)cc2)cc1. The maximum Gasteiger partial charge on any atom is 0.416 e. The quantitative estimate of drug-likeness (QED) is 0.497. The van der Waals surface area contributed by atoms with Crippen molar-refractivity contribution in [1.29, 1.82) is 0 Å². The molecule has 0 fully saturated rings. The van der Waals surface area contributed by atoms with Gasteiger partial charge in [-0.1, -0.05) is 31.9 Å². The van der Waals surface area contributed by atoms with Gasteiger partial charge >= 0.3 is 6.18 Å². The number of thiocarbonyl (C=S) groups is 1. The summed E-state index contributed by atoms with van der Waals surface area (Å²) in [4.78, 5) is 12.1. The van der Waals surface area contributed by atoms with E-state index in [1.807, 2.05) is 24.3 Å². The lowest BCUT2D eigenvalue weighted by Gasteiger charge is -2.11. The van der Waals surface area contributed by atoms with Gasteiger partial charge in [-0.15, -0.1) is 0 Å². The van der Waals surface area contributed by atoms with Crippen LogP contribution >= 0.6 is 12.2 Å². The van der Waals surface area contributed by atoms with Crippen LogP contribution in [0.15, 0.2) is 48.5 Å². The predicted molar refractivity (Wildman–Crippen MR) is 105 cm³/mol. The number of anilines is 1. The van der Waals surface area contributed by atoms with E-state index in [0.29, 0.717) is 0 Å². The highest BCUT2D eigenvalue weighted by Crippen LogP contribution is 2.29. The summed E-state index contributed by atoms with van der Waals surface area (Å²) in [6.07, 6.45) is 0.0925. The molecular weight excluding hydrogens is 373 g/mol. The minimum atomic E-state index is -4.44. The number of unbranched alkanes of at least 4 members (excludes halogenated alkanes) is 2. The highest BCUT2D eigenvalue weighted by Gasteiger charge is 2.30. The summed E-state index contributed by atoms with van der Waals surface area (Å²) in [5.74, 6) is -0.572. The Kier molecular flexibility index (Phi) is 7.36. The Morgan fingerprint density at radius 3 is 2.19 bits per heavy atom. The first-order valence-electron chi connectivity index (χ1n) is 8.68. The van der Waals surface area contributed by atoms with E-state index in [-0.39, 0.29) is 10.7 Å². The van der Waals surface area contributed by atoms with Crippen LogP contribution in [-0.4, -0.2) is 11.0 Å². The third-order valence-electron chi connectivity index (χ3n) is 3.98. The fourth-order valence-electron chi connectivity index (χ4n) is 2.48. The van der Waals surface area contributed by atoms with Crippen molar-refractivity contribution in [3.8, 4) is 0 Å². The summed E-state index contributed by atoms with van der Waals surface area (Å²) in [7, 11) is 0. The number of carbonyl (C=O) groups excluding carboxylic acids is 1. The molecule has 0 unspecified atom stereocenters. The third-order valence-corrected chi connectivity index (χ3v) is 4.19. The molecule has 2 aromatic carbocycles. The molecule has 7 heteroatoms. The molecule has 0 bridgehead atoms. The maximum atomic E-state index is 12.6. The molecule has 3 nitrogen and oxygen atoms in total. The Balaban J connectivity index is 1.88. The van der Waals surface area contributed by atoms with Gasteiger partial charge in [-0.05, 0) is 67.0 Å². The van der Waals surface area contributed by atoms with E-state index >= 15 is 0 Å². The van der Waals surface area contributed by atoms with Crippen molar-refractivity contribution in [2.75, 3.05) is 5.32 Å². The smallest absolute Gasteiger partial charge is 0.332 e. The van der Waals surface area contributed by atoms with Crippen molar-refractivity contribution in [2.45, 2.75) is 38.8 Å². The van der Waals surface area contributed by atoms with Crippen LogP contribution in [0, 0.1) is 0 Å². The summed E-state index contributed by atoms with van der Waals surface area (Å²) in [5, 5.41) is 5.43. The lowest BCUT2D eigenvalue weighted by molar-refractivity contribution is -0.137. The van der Waals surface area contributed by atoms with Crippen LogP contribution in [-0.2, 0) is 12.6 Å². The molecular formula is C20H21F3N2OS. The van der Waals surface area contributed by atoms with Crippen molar-refractivity contribution in [2.24, 2.45) is 0 Å². The standard InChI is InChI=1S/C20H21F3N2OS/c1-2-3-4-5-14-6-12-17(13-7-14)24-19(27)25-18(26)15-8-10-16(11-9-15)20(21,22)23/h6-13H,2-5H2,1H3,(H2,24,25,26,27). The minimum Gasteiger partial charge on any atom is -0.332 e. The average molecular weight is 394 g/mol. The first-order valence-corrected chi connectivity index (χ1v) is 9.09. The molecule has 0 saturated carbocycles. The van der Waals surface area contributed by atoms with Crippen LogP contribution in [0.2, 0.25) is 0 Å². The van der Waals surface area contributed by atoms with E-state index in [4.69, 9.17) is 12.2 Å². The summed E-state index contributed by atoms with van der Waals surface area (Å²) in [5.41, 5.74) is 1.25. The molecule has 0 aliphatic rings. The van der Waals surface area contributed by atoms with Crippen molar-refractivity contribution in [1.82, 2.24) is 5.32 Å². The van der Waals surface area contributed by atoms with Crippen LogP contribution in [0.5, 0.6) is 0 Å². The van der Waals surface area contributed by atoms with Crippen LogP contribution in [0.4, 0.5) is 18.9 Å². The second-order valence-electron chi connectivity index (χ2n) is 6.14. The number of hydrogen-bond acceptors (Lipinski definition) is 2. The van der Waals surface area contributed by atoms with E-state index < -0.39 is 17.6 Å². The first-order chi connectivity index (χ1) is 12.8. The summed E-state index contributed by atoms with van der Waals surface area (Å²) in [6, 6.07) is 11.7. The molecule has 144 valence electrons. The molecule has 1 amide bonds. The molecule has 0 aliphatic heterocycles. The first kappa shape index (κ1) is 20.9. The molecule has 27 heavy (non-hydrogen) atoms. The number of aryl methyl sites for hydroxylation is 1. The van der Waals surface area contributed by atoms with Gasteiger partial charge in [-0.2, -0.15) is 13.2 Å². The Bertz CT molecular complexity index is 771. The van der Waals surface area contributed by atoms with Gasteiger partial charge in [0.05, 0.1) is 5.56 Å². The summed E-state index contributed by atoms with van der Waals surface area (Å²) >= 11 is 5.09. The molecule has 2 aromatic rings. The normalized spacial score (nSPS) is 11.1. The van der Waals surface area contributed by atoms with Crippen LogP contribution in [0.25, 0.3) is 0 Å². The number of amides is 1. The van der Waals surface area contributed by atoms with Crippen LogP contribution in [0.1, 0.15) is 47.7 Å². The van der Waals surface area contributed by atoms with E-state index in [2.05, 4.69) is 17.6 Å². The molecule has 0 saturated heterocycles. The molecule has 0 radical (unpaired) electrons. The number of hydrogen-bond donors (Lipinski definition) is 2. The second kappa shape index (κ2) is 9.50. The fraction of sp³-hybridized carbons (Fsp3) is 0.300. The van der Waals surface area contributed by atoms with E-state index in [0.717, 1.165) is 42.8 Å². The number of benzene rings is 2. The van der Waals surface area contributed by atoms with E-state index in [9.17, 15) is 18.0 Å². The summed E-state index contributed by atoms with van der Waals surface area (Å²) in [6.45, 7) is 2.16. The number of rotatable bonds is 6. The lowest BCUT2D eigenvalue weighted by atomic mass is 10.1. The number of halogens is 3. The van der Waals surface area contributed by atoms with Gasteiger partial charge in [0.25, 0.3) is 5.91 Å². The Morgan fingerprint density at radius 2 is 1.63 bits per heavy atom. The Labute approximate surface area is 162 Å². The van der Waals surface area contributed by atoms with Gasteiger partial charge in [0.15, 0.2) is 5.11 Å². The van der Waals surface area contributed by atoms with Crippen molar-refractivity contribution in [3.05, 3.63) is 65.2 Å². The average Bonchev–Trinajstić information content (AvgIpc) is 2.62. The topological polar surface area (TPSA) is 41.1 Å². The molecule has 0 spiro atoms. The third kappa shape index (κ3) is 6.67. The predicted octanol–water partition coefficient (Wildman–Crippen LogP) is 5.56. The molecule has 0 atom stereocenters. The number of alkyl halides is 3. The van der Waals surface area contributed by atoms with Gasteiger partial charge in [-0.3, -0.25) is 10.1 Å². The molecule has 2 rings (SSSR count). The zero-order valence-electron chi connectivity index (χ0n) is 14.9. The van der Waals surface area contributed by atoms with Crippen molar-refractivity contribution < 1.29 is 18.0 Å². The Hall–Kier alpha value is -2.41. The fourth-order valence-corrected chi connectivity index (χ4v) is 2.69. The monoisotopic (exact) mass is 394 g/mol. The summed E-state index contributed by atoms with van der Waals surface area (Å²) < 4.78 is 37.7. The van der Waals surface area contributed by atoms with Crippen molar-refractivity contribution >= 4 is 28.9 Å². The zero-order chi connectivity index (χ0) is 19.9. The van der Waals surface area contributed by atoms with Gasteiger partial charge in [0.2, 0.25) is 0 Å². The molecule has 2 N–H and O–H groups in total. The maximum absolute atomic E-state index is 12.6. The van der Waals surface area contributed by atoms with Gasteiger partial charge in [0.1, 0.15) is 0 Å². The number of nitrogens with one attached hydrogen (secondary N) is 2. The van der Waals surface area contributed by atoms with Crippen molar-refractivity contribution in [3.63, 3.8) is 0 Å².